The van der Waals surface area contributed by atoms with E-state index in [1.54, 1.807) is 0 Å². The summed E-state index contributed by atoms with van der Waals surface area (Å²) in [5, 5.41) is 15.2. The maximum absolute atomic E-state index is 11.4. The highest BCUT2D eigenvalue weighted by Gasteiger charge is 2.24. The van der Waals surface area contributed by atoms with Gasteiger partial charge in [-0.05, 0) is 6.92 Å². The van der Waals surface area contributed by atoms with Gasteiger partial charge in [0.25, 0.3) is 5.91 Å². The third-order valence-corrected chi connectivity index (χ3v) is 2.06. The molecule has 74 valence electrons. The van der Waals surface area contributed by atoms with Crippen LogP contribution < -0.4 is 5.32 Å². The number of carbonyl (C=O) groups is 2. The molecule has 1 atom stereocenters. The summed E-state index contributed by atoms with van der Waals surface area (Å²) >= 11 is 0. The zero-order chi connectivity index (χ0) is 10.3. The van der Waals surface area contributed by atoms with E-state index in [9.17, 15) is 9.59 Å². The van der Waals surface area contributed by atoms with Crippen LogP contribution in [0.2, 0.25) is 0 Å². The molecular formula is C8H9N3O3. The molecule has 1 aliphatic rings. The largest absolute Gasteiger partial charge is 0.476 e. The highest BCUT2D eigenvalue weighted by molar-refractivity contribution is 5.96. The monoisotopic (exact) mass is 195 g/mol. The molecule has 0 fully saturated rings. The van der Waals surface area contributed by atoms with Crippen molar-refractivity contribution in [2.24, 2.45) is 0 Å². The van der Waals surface area contributed by atoms with Gasteiger partial charge in [-0.25, -0.2) is 4.79 Å². The predicted octanol–water partition coefficient (Wildman–Crippen LogP) is -0.287. The summed E-state index contributed by atoms with van der Waals surface area (Å²) < 4.78 is 1.42. The number of aromatic nitrogens is 2. The minimum absolute atomic E-state index is 0.0171. The van der Waals surface area contributed by atoms with Crippen LogP contribution in [0.25, 0.3) is 0 Å². The maximum Gasteiger partial charge on any atom is 0.356 e. The van der Waals surface area contributed by atoms with Crippen LogP contribution in [0.4, 0.5) is 0 Å². The molecular weight excluding hydrogens is 186 g/mol. The van der Waals surface area contributed by atoms with Crippen molar-refractivity contribution in [3.05, 3.63) is 17.5 Å². The second kappa shape index (κ2) is 2.83. The molecule has 0 saturated carbocycles. The second-order valence-corrected chi connectivity index (χ2v) is 3.28. The van der Waals surface area contributed by atoms with Crippen molar-refractivity contribution in [3.63, 3.8) is 0 Å². The van der Waals surface area contributed by atoms with Crippen LogP contribution in [-0.4, -0.2) is 32.8 Å². The van der Waals surface area contributed by atoms with Gasteiger partial charge in [0.2, 0.25) is 0 Å². The van der Waals surface area contributed by atoms with Gasteiger partial charge < -0.3 is 10.4 Å². The van der Waals surface area contributed by atoms with Crippen LogP contribution in [-0.2, 0) is 6.54 Å². The first-order valence-corrected chi connectivity index (χ1v) is 4.20. The average Bonchev–Trinajstić information content (AvgIpc) is 2.47. The molecule has 2 N–H and O–H groups in total. The molecule has 0 spiro atoms. The predicted molar refractivity (Wildman–Crippen MR) is 46.1 cm³/mol. The number of hydrogen-bond acceptors (Lipinski definition) is 3. The second-order valence-electron chi connectivity index (χ2n) is 3.28. The number of nitrogens with one attached hydrogen (secondary N) is 1. The molecule has 0 aromatic carbocycles. The van der Waals surface area contributed by atoms with Gasteiger partial charge in [0.05, 0.1) is 6.54 Å². The fourth-order valence-corrected chi connectivity index (χ4v) is 1.45. The van der Waals surface area contributed by atoms with Crippen molar-refractivity contribution in [2.75, 3.05) is 0 Å². The van der Waals surface area contributed by atoms with Crippen LogP contribution in [0.1, 0.15) is 27.9 Å². The normalized spacial score (nSPS) is 20.1. The molecule has 0 saturated heterocycles. The molecule has 1 aromatic heterocycles. The molecule has 0 aliphatic carbocycles. The number of carboxylic acid groups (broad SMARTS) is 1. The van der Waals surface area contributed by atoms with Gasteiger partial charge in [0.1, 0.15) is 5.69 Å². The molecule has 1 aromatic rings. The van der Waals surface area contributed by atoms with Gasteiger partial charge in [-0.1, -0.05) is 0 Å². The summed E-state index contributed by atoms with van der Waals surface area (Å²) in [5.41, 5.74) is 0.213. The molecule has 0 radical (unpaired) electrons. The Kier molecular flexibility index (Phi) is 1.77. The SMILES string of the molecule is CC1Cn2nc(C(=O)O)cc2C(=O)N1. The number of carbonyl (C=O) groups excluding carboxylic acids is 1. The molecule has 2 rings (SSSR count). The Hall–Kier alpha value is -1.85. The number of aromatic carboxylic acids is 1. The summed E-state index contributed by atoms with van der Waals surface area (Å²) in [5.74, 6) is -1.39. The van der Waals surface area contributed by atoms with Crippen LogP contribution in [0, 0.1) is 0 Å². The van der Waals surface area contributed by atoms with Crippen LogP contribution in [0.3, 0.4) is 0 Å². The summed E-state index contributed by atoms with van der Waals surface area (Å²) in [6.07, 6.45) is 0. The van der Waals surface area contributed by atoms with Crippen molar-refractivity contribution in [1.29, 1.82) is 0 Å². The third kappa shape index (κ3) is 1.24. The van der Waals surface area contributed by atoms with Crippen molar-refractivity contribution < 1.29 is 14.7 Å². The summed E-state index contributed by atoms with van der Waals surface area (Å²) in [7, 11) is 0. The first-order valence-electron chi connectivity index (χ1n) is 4.20. The number of rotatable bonds is 1. The Balaban J connectivity index is 2.45. The van der Waals surface area contributed by atoms with E-state index in [-0.39, 0.29) is 17.6 Å². The zero-order valence-electron chi connectivity index (χ0n) is 7.52. The Bertz CT molecular complexity index is 410. The molecule has 1 amide bonds. The van der Waals surface area contributed by atoms with E-state index in [0.717, 1.165) is 0 Å². The molecule has 1 unspecified atom stereocenters. The van der Waals surface area contributed by atoms with Gasteiger partial charge in [-0.15, -0.1) is 0 Å². The standard InChI is InChI=1S/C8H9N3O3/c1-4-3-11-6(7(12)9-4)2-5(10-11)8(13)14/h2,4H,3H2,1H3,(H,9,12)(H,13,14). The number of nitrogens with zero attached hydrogens (tertiary/aromatic N) is 2. The van der Waals surface area contributed by atoms with E-state index < -0.39 is 5.97 Å². The Morgan fingerprint density at radius 3 is 3.14 bits per heavy atom. The number of carboxylic acids is 1. The first kappa shape index (κ1) is 8.74. The lowest BCUT2D eigenvalue weighted by Gasteiger charge is -2.20. The lowest BCUT2D eigenvalue weighted by molar-refractivity contribution is 0.0688. The lowest BCUT2D eigenvalue weighted by atomic mass is 10.2. The molecule has 14 heavy (non-hydrogen) atoms. The Labute approximate surface area is 79.5 Å². The van der Waals surface area contributed by atoms with Crippen LogP contribution in [0.15, 0.2) is 6.07 Å². The smallest absolute Gasteiger partial charge is 0.356 e. The van der Waals surface area contributed by atoms with E-state index in [1.165, 1.54) is 10.7 Å². The summed E-state index contributed by atoms with van der Waals surface area (Å²) in [4.78, 5) is 22.0. The van der Waals surface area contributed by atoms with Gasteiger partial charge >= 0.3 is 5.97 Å². The number of hydrogen-bond donors (Lipinski definition) is 2. The number of amides is 1. The first-order chi connectivity index (χ1) is 6.58. The highest BCUT2D eigenvalue weighted by atomic mass is 16.4. The molecule has 1 aliphatic heterocycles. The van der Waals surface area contributed by atoms with E-state index in [1.807, 2.05) is 6.92 Å². The van der Waals surface area contributed by atoms with Gasteiger partial charge in [0, 0.05) is 12.1 Å². The molecule has 0 bridgehead atoms. The summed E-state index contributed by atoms with van der Waals surface area (Å²) in [6, 6.07) is 1.26. The Morgan fingerprint density at radius 2 is 2.50 bits per heavy atom. The van der Waals surface area contributed by atoms with Crippen molar-refractivity contribution in [2.45, 2.75) is 19.5 Å². The van der Waals surface area contributed by atoms with Gasteiger partial charge in [-0.3, -0.25) is 9.48 Å². The molecule has 6 heteroatoms. The fourth-order valence-electron chi connectivity index (χ4n) is 1.45. The third-order valence-electron chi connectivity index (χ3n) is 2.06. The highest BCUT2D eigenvalue weighted by Crippen LogP contribution is 2.10. The Morgan fingerprint density at radius 1 is 1.79 bits per heavy atom. The minimum Gasteiger partial charge on any atom is -0.476 e. The van der Waals surface area contributed by atoms with E-state index in [0.29, 0.717) is 12.2 Å². The van der Waals surface area contributed by atoms with E-state index in [2.05, 4.69) is 10.4 Å². The average molecular weight is 195 g/mol. The van der Waals surface area contributed by atoms with E-state index >= 15 is 0 Å². The van der Waals surface area contributed by atoms with Gasteiger partial charge in [0.15, 0.2) is 5.69 Å². The lowest BCUT2D eigenvalue weighted by Crippen LogP contribution is -2.42. The topological polar surface area (TPSA) is 84.2 Å². The maximum atomic E-state index is 11.4. The van der Waals surface area contributed by atoms with E-state index in [4.69, 9.17) is 5.11 Å². The number of fused-ring (bicyclic) bond motifs is 1. The molecule has 2 heterocycles. The van der Waals surface area contributed by atoms with Crippen LogP contribution >= 0.6 is 0 Å². The zero-order valence-corrected chi connectivity index (χ0v) is 7.52. The van der Waals surface area contributed by atoms with Crippen molar-refractivity contribution in [3.8, 4) is 0 Å². The van der Waals surface area contributed by atoms with Crippen molar-refractivity contribution in [1.82, 2.24) is 15.1 Å². The minimum atomic E-state index is -1.12. The summed E-state index contributed by atoms with van der Waals surface area (Å²) in [6.45, 7) is 2.34. The quantitative estimate of drug-likeness (QED) is 0.645. The molecule has 6 nitrogen and oxygen atoms in total. The van der Waals surface area contributed by atoms with Crippen molar-refractivity contribution >= 4 is 11.9 Å². The van der Waals surface area contributed by atoms with Crippen LogP contribution in [0.5, 0.6) is 0 Å². The fraction of sp³-hybridized carbons (Fsp3) is 0.375. The van der Waals surface area contributed by atoms with Gasteiger partial charge in [-0.2, -0.15) is 5.10 Å².